The van der Waals surface area contributed by atoms with Gasteiger partial charge in [0, 0.05) is 17.6 Å². The smallest absolute Gasteiger partial charge is 1.00 e. The van der Waals surface area contributed by atoms with Gasteiger partial charge in [-0.05, 0) is 12.1 Å². The van der Waals surface area contributed by atoms with E-state index in [-0.39, 0.29) is 42.3 Å². The number of hydrogen-bond donors (Lipinski definition) is 1. The minimum absolute atomic E-state index is 0. The summed E-state index contributed by atoms with van der Waals surface area (Å²) in [7, 11) is 0. The van der Waals surface area contributed by atoms with Crippen molar-refractivity contribution in [2.75, 3.05) is 0 Å². The molecule has 0 bridgehead atoms. The van der Waals surface area contributed by atoms with E-state index in [0.29, 0.717) is 10.6 Å². The van der Waals surface area contributed by atoms with Crippen molar-refractivity contribution in [3.8, 4) is 16.3 Å². The van der Waals surface area contributed by atoms with Crippen LogP contribution in [0.15, 0.2) is 29.8 Å². The molecule has 2 rings (SSSR count). The topological polar surface area (TPSA) is 59.4 Å². The summed E-state index contributed by atoms with van der Waals surface area (Å²) in [4.78, 5) is 15.0. The largest absolute Gasteiger partial charge is 1.00 e. The van der Waals surface area contributed by atoms with Crippen LogP contribution in [0.3, 0.4) is 0 Å². The number of aromatic nitrogens is 1. The summed E-state index contributed by atoms with van der Waals surface area (Å²) < 4.78 is 39.7. The molecule has 0 aromatic carbocycles. The second kappa shape index (κ2) is 6.57. The minimum atomic E-state index is -4.74. The predicted molar refractivity (Wildman–Crippen MR) is 62.3 cm³/mol. The fourth-order valence-corrected chi connectivity index (χ4v) is 2.09. The van der Waals surface area contributed by atoms with Crippen molar-refractivity contribution in [1.29, 1.82) is 0 Å². The maximum Gasteiger partial charge on any atom is 1.00 e. The molecule has 0 saturated heterocycles. The first-order valence-electron chi connectivity index (χ1n) is 4.89. The summed E-state index contributed by atoms with van der Waals surface area (Å²) in [5.41, 5.74) is 0.388. The second-order valence-corrected chi connectivity index (χ2v) is 4.34. The van der Waals surface area contributed by atoms with Crippen molar-refractivity contribution in [1.82, 2.24) is 4.98 Å². The van der Waals surface area contributed by atoms with Crippen LogP contribution in [0.1, 0.15) is 11.8 Å². The molecule has 9 heteroatoms. The van der Waals surface area contributed by atoms with Gasteiger partial charge in [0.25, 0.3) is 0 Å². The van der Waals surface area contributed by atoms with E-state index in [1.807, 2.05) is 0 Å². The van der Waals surface area contributed by atoms with E-state index >= 15 is 0 Å². The molecular weight excluding hydrogens is 306 g/mol. The maximum atomic E-state index is 12.0. The van der Waals surface area contributed by atoms with Crippen LogP contribution in [0, 0.1) is 0 Å². The Bertz CT molecular complexity index is 604. The average Bonchev–Trinajstić information content (AvgIpc) is 2.75. The summed E-state index contributed by atoms with van der Waals surface area (Å²) in [6, 6.07) is 3.95. The number of halogens is 3. The van der Waals surface area contributed by atoms with Gasteiger partial charge in [0.05, 0.1) is 16.1 Å². The summed E-state index contributed by atoms with van der Waals surface area (Å²) in [6.45, 7) is 0. The van der Waals surface area contributed by atoms with Crippen LogP contribution in [0.5, 0.6) is 5.75 Å². The molecule has 102 valence electrons. The first kappa shape index (κ1) is 17.0. The van der Waals surface area contributed by atoms with Gasteiger partial charge in [0.15, 0.2) is 0 Å². The van der Waals surface area contributed by atoms with Crippen LogP contribution >= 0.6 is 11.3 Å². The Kier molecular flexibility index (Phi) is 5.58. The van der Waals surface area contributed by atoms with Gasteiger partial charge in [0.1, 0.15) is 5.75 Å². The van der Waals surface area contributed by atoms with Crippen molar-refractivity contribution in [3.63, 3.8) is 0 Å². The van der Waals surface area contributed by atoms with E-state index in [1.54, 1.807) is 0 Å². The van der Waals surface area contributed by atoms with Gasteiger partial charge < -0.3 is 11.3 Å². The Balaban J connectivity index is 0.00000200. The first-order chi connectivity index (χ1) is 8.85. The van der Waals surface area contributed by atoms with Gasteiger partial charge in [-0.25, -0.2) is 4.79 Å². The third kappa shape index (κ3) is 4.48. The fourth-order valence-electron chi connectivity index (χ4n) is 1.31. The van der Waals surface area contributed by atoms with Gasteiger partial charge in [-0.1, -0.05) is 0 Å². The Morgan fingerprint density at radius 3 is 2.60 bits per heavy atom. The molecule has 2 heterocycles. The summed E-state index contributed by atoms with van der Waals surface area (Å²) >= 11 is 1.02. The maximum absolute atomic E-state index is 12.0. The van der Waals surface area contributed by atoms with Gasteiger partial charge in [-0.15, -0.1) is 24.5 Å². The van der Waals surface area contributed by atoms with E-state index in [2.05, 4.69) is 9.72 Å². The predicted octanol–water partition coefficient (Wildman–Crippen LogP) is 0.523. The molecule has 0 saturated carbocycles. The van der Waals surface area contributed by atoms with E-state index in [4.69, 9.17) is 5.11 Å². The van der Waals surface area contributed by atoms with Crippen LogP contribution in [0.25, 0.3) is 10.6 Å². The zero-order valence-corrected chi connectivity index (χ0v) is 13.0. The van der Waals surface area contributed by atoms with Gasteiger partial charge in [-0.2, -0.15) is 0 Å². The third-order valence-electron chi connectivity index (χ3n) is 2.07. The number of thiophene rings is 1. The normalized spacial score (nSPS) is 10.8. The summed E-state index contributed by atoms with van der Waals surface area (Å²) in [5, 5.41) is 9.90. The number of nitrogens with zero attached hydrogens (tertiary/aromatic N) is 1. The number of rotatable bonds is 3. The Morgan fingerprint density at radius 2 is 2.10 bits per heavy atom. The Labute approximate surface area is 139 Å². The minimum Gasteiger partial charge on any atom is -1.00 e. The second-order valence-electron chi connectivity index (χ2n) is 3.43. The van der Waals surface area contributed by atoms with Crippen molar-refractivity contribution in [3.05, 3.63) is 35.3 Å². The van der Waals surface area contributed by atoms with Gasteiger partial charge in [0.2, 0.25) is 0 Å². The standard InChI is InChI=1S/C11H6F3NO3S.Na.H/c12-11(13,14)18-7-3-9(19-5-7)8-2-1-6(4-15-8)10(16)17;;/h1-5H,(H,16,17);;/q;+1;-1. The third-order valence-corrected chi connectivity index (χ3v) is 3.00. The molecule has 0 aliphatic rings. The van der Waals surface area contributed by atoms with Crippen LogP contribution < -0.4 is 34.3 Å². The zero-order valence-electron chi connectivity index (χ0n) is 11.1. The van der Waals surface area contributed by atoms with Crippen molar-refractivity contribution in [2.24, 2.45) is 0 Å². The fraction of sp³-hybridized carbons (Fsp3) is 0.0909. The number of aromatic carboxylic acids is 1. The van der Waals surface area contributed by atoms with Crippen molar-refractivity contribution in [2.45, 2.75) is 6.36 Å². The van der Waals surface area contributed by atoms with Crippen LogP contribution in [0.4, 0.5) is 13.2 Å². The number of carbonyl (C=O) groups is 1. The molecule has 2 aromatic rings. The Hall–Kier alpha value is -1.09. The van der Waals surface area contributed by atoms with Crippen LogP contribution in [-0.4, -0.2) is 22.4 Å². The molecule has 0 fully saturated rings. The van der Waals surface area contributed by atoms with E-state index in [0.717, 1.165) is 17.5 Å². The molecule has 0 unspecified atom stereocenters. The van der Waals surface area contributed by atoms with Crippen LogP contribution in [0.2, 0.25) is 0 Å². The first-order valence-corrected chi connectivity index (χ1v) is 5.77. The number of alkyl halides is 3. The molecular formula is C11H7F3NNaO3S. The van der Waals surface area contributed by atoms with E-state index in [1.165, 1.54) is 23.6 Å². The number of hydrogen-bond acceptors (Lipinski definition) is 4. The molecule has 0 amide bonds. The zero-order chi connectivity index (χ0) is 14.0. The molecule has 4 nitrogen and oxygen atoms in total. The van der Waals surface area contributed by atoms with Crippen LogP contribution in [-0.2, 0) is 0 Å². The summed E-state index contributed by atoms with van der Waals surface area (Å²) in [6.07, 6.45) is -3.60. The number of carboxylic acids is 1. The average molecular weight is 313 g/mol. The molecule has 0 aliphatic carbocycles. The molecule has 2 aromatic heterocycles. The van der Waals surface area contributed by atoms with Crippen molar-refractivity contribution < 1.29 is 58.8 Å². The SMILES string of the molecule is O=C(O)c1ccc(-c2cc(OC(F)(F)F)cs2)nc1.[H-].[Na+]. The molecule has 0 atom stereocenters. The van der Waals surface area contributed by atoms with E-state index in [9.17, 15) is 18.0 Å². The number of pyridine rings is 1. The molecule has 0 aliphatic heterocycles. The van der Waals surface area contributed by atoms with E-state index < -0.39 is 12.3 Å². The van der Waals surface area contributed by atoms with Gasteiger partial charge in [-0.3, -0.25) is 4.98 Å². The molecule has 0 radical (unpaired) electrons. The quantitative estimate of drug-likeness (QED) is 0.840. The monoisotopic (exact) mass is 313 g/mol. The molecule has 0 spiro atoms. The molecule has 20 heavy (non-hydrogen) atoms. The van der Waals surface area contributed by atoms with Crippen molar-refractivity contribution >= 4 is 17.3 Å². The molecule has 1 N–H and O–H groups in total. The number of ether oxygens (including phenoxy) is 1. The summed E-state index contributed by atoms with van der Waals surface area (Å²) in [5.74, 6) is -1.44. The van der Waals surface area contributed by atoms with Gasteiger partial charge >= 0.3 is 41.9 Å². The Morgan fingerprint density at radius 1 is 1.40 bits per heavy atom. The number of carboxylic acid groups (broad SMARTS) is 1.